The minimum absolute atomic E-state index is 0.150. The van der Waals surface area contributed by atoms with E-state index in [0.29, 0.717) is 16.8 Å². The molecule has 162 valence electrons. The molecule has 0 saturated carbocycles. The lowest BCUT2D eigenvalue weighted by Crippen LogP contribution is -2.25. The smallest absolute Gasteiger partial charge is 0.273 e. The third-order valence-corrected chi connectivity index (χ3v) is 6.09. The maximum atomic E-state index is 15.0. The molecule has 32 heavy (non-hydrogen) atoms. The van der Waals surface area contributed by atoms with Gasteiger partial charge in [0.2, 0.25) is 5.69 Å². The average molecular weight is 434 g/mol. The van der Waals surface area contributed by atoms with Gasteiger partial charge in [-0.1, -0.05) is 12.1 Å². The molecule has 0 aliphatic carbocycles. The van der Waals surface area contributed by atoms with Crippen molar-refractivity contribution >= 4 is 17.8 Å². The van der Waals surface area contributed by atoms with Gasteiger partial charge in [-0.2, -0.15) is 4.58 Å². The highest BCUT2D eigenvalue weighted by Gasteiger charge is 2.36. The molecule has 0 bridgehead atoms. The zero-order valence-electron chi connectivity index (χ0n) is 18.0. The van der Waals surface area contributed by atoms with Crippen LogP contribution in [0.5, 0.6) is 0 Å². The van der Waals surface area contributed by atoms with Crippen molar-refractivity contribution in [3.8, 4) is 11.1 Å². The molecule has 7 heteroatoms. The Bertz CT molecular complexity index is 1300. The van der Waals surface area contributed by atoms with Crippen molar-refractivity contribution in [3.05, 3.63) is 82.2 Å². The molecule has 3 heterocycles. The van der Waals surface area contributed by atoms with Gasteiger partial charge in [0.05, 0.1) is 17.7 Å². The van der Waals surface area contributed by atoms with E-state index in [0.717, 1.165) is 22.4 Å². The molecule has 5 rings (SSSR count). The van der Waals surface area contributed by atoms with E-state index in [1.54, 1.807) is 38.1 Å². The Morgan fingerprint density at radius 1 is 1.19 bits per heavy atom. The molecular formula is C25H22F2N3O2+. The highest BCUT2D eigenvalue weighted by atomic mass is 19.1. The third-order valence-electron chi connectivity index (χ3n) is 6.09. The van der Waals surface area contributed by atoms with E-state index in [-0.39, 0.29) is 24.6 Å². The number of carbonyl (C=O) groups excluding carboxylic acids is 1. The fourth-order valence-corrected chi connectivity index (χ4v) is 4.47. The van der Waals surface area contributed by atoms with Gasteiger partial charge in [-0.15, -0.1) is 0 Å². The molecule has 2 aliphatic rings. The second-order valence-electron chi connectivity index (χ2n) is 8.81. The number of fused-ring (bicyclic) bond motifs is 2. The van der Waals surface area contributed by atoms with Crippen LogP contribution in [0.1, 0.15) is 46.6 Å². The molecule has 0 radical (unpaired) electrons. The van der Waals surface area contributed by atoms with Crippen LogP contribution in [0.15, 0.2) is 42.6 Å². The van der Waals surface area contributed by atoms with Crippen LogP contribution >= 0.6 is 0 Å². The predicted octanol–water partition coefficient (Wildman–Crippen LogP) is 4.12. The van der Waals surface area contributed by atoms with Crippen LogP contribution in [0, 0.1) is 11.6 Å². The second kappa shape index (κ2) is 7.03. The molecule has 0 unspecified atom stereocenters. The topological polar surface area (TPSA) is 56.4 Å². The maximum Gasteiger partial charge on any atom is 0.273 e. The predicted molar refractivity (Wildman–Crippen MR) is 116 cm³/mol. The Kier molecular flexibility index (Phi) is 4.49. The third kappa shape index (κ3) is 3.12. The Hall–Kier alpha value is -3.45. The highest BCUT2D eigenvalue weighted by molar-refractivity contribution is 5.99. The first-order chi connectivity index (χ1) is 15.1. The molecule has 2 aromatic carbocycles. The summed E-state index contributed by atoms with van der Waals surface area (Å²) in [4.78, 5) is 18.0. The first-order valence-corrected chi connectivity index (χ1v) is 10.3. The standard InChI is InChI=1S/C25H22F2N3O2/c1-25(2,32)19-7-6-16(17-12-29(3)23(17)19)15-9-20(26)18(21(27)10-15)13-30-11-14-5-4-8-28-22(14)24(30)31/h4-10,12,32H,11,13H2,1-3H3/q+1. The SMILES string of the molecule is C[N+]1=Cc2c(-c3cc(F)c(CN4Cc5cccnc5C4=O)c(F)c3)ccc(C(C)(C)O)c21. The lowest BCUT2D eigenvalue weighted by molar-refractivity contribution is -0.412. The summed E-state index contributed by atoms with van der Waals surface area (Å²) in [6, 6.07) is 9.69. The molecule has 5 nitrogen and oxygen atoms in total. The van der Waals surface area contributed by atoms with Crippen molar-refractivity contribution < 1.29 is 23.3 Å². The number of pyridine rings is 1. The van der Waals surface area contributed by atoms with E-state index >= 15 is 8.78 Å². The van der Waals surface area contributed by atoms with E-state index in [1.165, 1.54) is 23.2 Å². The van der Waals surface area contributed by atoms with E-state index in [1.807, 2.05) is 17.8 Å². The van der Waals surface area contributed by atoms with Crippen LogP contribution in [0.25, 0.3) is 11.1 Å². The zero-order chi connectivity index (χ0) is 22.8. The summed E-state index contributed by atoms with van der Waals surface area (Å²) >= 11 is 0. The van der Waals surface area contributed by atoms with Gasteiger partial charge in [0.25, 0.3) is 5.91 Å². The molecule has 1 aromatic heterocycles. The van der Waals surface area contributed by atoms with Crippen LogP contribution in [0.4, 0.5) is 14.5 Å². The van der Waals surface area contributed by atoms with Crippen molar-refractivity contribution in [2.24, 2.45) is 0 Å². The summed E-state index contributed by atoms with van der Waals surface area (Å²) < 4.78 is 32.0. The number of aromatic nitrogens is 1. The number of hydrogen-bond donors (Lipinski definition) is 1. The fourth-order valence-electron chi connectivity index (χ4n) is 4.47. The Labute approximate surface area is 184 Å². The van der Waals surface area contributed by atoms with Crippen LogP contribution in [0.2, 0.25) is 0 Å². The minimum Gasteiger partial charge on any atom is -0.385 e. The highest BCUT2D eigenvalue weighted by Crippen LogP contribution is 2.41. The molecule has 0 spiro atoms. The summed E-state index contributed by atoms with van der Waals surface area (Å²) in [5, 5.41) is 10.5. The molecule has 1 amide bonds. The number of carbonyl (C=O) groups is 1. The monoisotopic (exact) mass is 434 g/mol. The van der Waals surface area contributed by atoms with Crippen molar-refractivity contribution in [3.63, 3.8) is 0 Å². The van der Waals surface area contributed by atoms with Crippen molar-refractivity contribution in [2.75, 3.05) is 7.05 Å². The van der Waals surface area contributed by atoms with Crippen molar-refractivity contribution in [2.45, 2.75) is 32.5 Å². The number of halogens is 2. The van der Waals surface area contributed by atoms with Gasteiger partial charge >= 0.3 is 0 Å². The van der Waals surface area contributed by atoms with E-state index in [9.17, 15) is 9.90 Å². The first-order valence-electron chi connectivity index (χ1n) is 10.3. The lowest BCUT2D eigenvalue weighted by Gasteiger charge is -2.24. The fraction of sp³-hybridized carbons (Fsp3) is 0.240. The second-order valence-corrected chi connectivity index (χ2v) is 8.81. The largest absolute Gasteiger partial charge is 0.385 e. The summed E-state index contributed by atoms with van der Waals surface area (Å²) in [5.74, 6) is -1.74. The number of nitrogens with zero attached hydrogens (tertiary/aromatic N) is 3. The summed E-state index contributed by atoms with van der Waals surface area (Å²) in [7, 11) is 1.87. The number of hydrogen-bond acceptors (Lipinski definition) is 3. The van der Waals surface area contributed by atoms with Crippen LogP contribution in [-0.2, 0) is 18.7 Å². The van der Waals surface area contributed by atoms with Crippen molar-refractivity contribution in [1.29, 1.82) is 0 Å². The molecular weight excluding hydrogens is 412 g/mol. The van der Waals surface area contributed by atoms with Crippen molar-refractivity contribution in [1.82, 2.24) is 9.88 Å². The van der Waals surface area contributed by atoms with Gasteiger partial charge in [-0.3, -0.25) is 9.78 Å². The van der Waals surface area contributed by atoms with Gasteiger partial charge in [-0.05, 0) is 43.7 Å². The molecule has 0 saturated heterocycles. The quantitative estimate of drug-likeness (QED) is 0.629. The van der Waals surface area contributed by atoms with Gasteiger partial charge in [0.1, 0.15) is 29.9 Å². The van der Waals surface area contributed by atoms with E-state index in [2.05, 4.69) is 4.98 Å². The number of benzene rings is 2. The van der Waals surface area contributed by atoms with Gasteiger partial charge in [-0.25, -0.2) is 8.78 Å². The van der Waals surface area contributed by atoms with Crippen LogP contribution in [-0.4, -0.2) is 38.7 Å². The molecule has 0 fully saturated rings. The molecule has 2 aliphatic heterocycles. The first kappa shape index (κ1) is 20.5. The van der Waals surface area contributed by atoms with Gasteiger partial charge in [0.15, 0.2) is 6.21 Å². The van der Waals surface area contributed by atoms with Crippen LogP contribution in [0.3, 0.4) is 0 Å². The van der Waals surface area contributed by atoms with Gasteiger partial charge in [0, 0.05) is 29.4 Å². The van der Waals surface area contributed by atoms with E-state index < -0.39 is 17.2 Å². The number of aliphatic hydroxyl groups is 1. The average Bonchev–Trinajstić information content (AvgIpc) is 3.04. The normalized spacial score (nSPS) is 14.8. The Balaban J connectivity index is 1.48. The maximum absolute atomic E-state index is 15.0. The molecule has 0 atom stereocenters. The summed E-state index contributed by atoms with van der Waals surface area (Å²) in [5.41, 5.74) is 3.40. The minimum atomic E-state index is -1.04. The Morgan fingerprint density at radius 2 is 1.91 bits per heavy atom. The zero-order valence-corrected chi connectivity index (χ0v) is 18.0. The van der Waals surface area contributed by atoms with Crippen LogP contribution < -0.4 is 0 Å². The molecule has 1 N–H and O–H groups in total. The van der Waals surface area contributed by atoms with E-state index in [4.69, 9.17) is 0 Å². The number of rotatable bonds is 4. The number of amides is 1. The lowest BCUT2D eigenvalue weighted by atomic mass is 9.86. The summed E-state index contributed by atoms with van der Waals surface area (Å²) in [6.07, 6.45) is 3.40. The molecule has 3 aromatic rings. The summed E-state index contributed by atoms with van der Waals surface area (Å²) in [6.45, 7) is 3.51. The Morgan fingerprint density at radius 3 is 2.53 bits per heavy atom. The van der Waals surface area contributed by atoms with Gasteiger partial charge < -0.3 is 10.0 Å².